The van der Waals surface area contributed by atoms with Gasteiger partial charge in [0, 0.05) is 0 Å². The highest BCUT2D eigenvalue weighted by Gasteiger charge is 2.16. The molecular formula is C13H12Br2O2. The highest BCUT2D eigenvalue weighted by atomic mass is 79.9. The van der Waals surface area contributed by atoms with E-state index in [9.17, 15) is 5.11 Å². The Labute approximate surface area is 117 Å². The van der Waals surface area contributed by atoms with Crippen LogP contribution in [0.5, 0.6) is 0 Å². The van der Waals surface area contributed by atoms with Gasteiger partial charge in [0.25, 0.3) is 0 Å². The normalized spacial score (nSPS) is 12.7. The average Bonchev–Trinajstić information content (AvgIpc) is 2.69. The van der Waals surface area contributed by atoms with Crippen molar-refractivity contribution in [1.29, 1.82) is 0 Å². The smallest absolute Gasteiger partial charge is 0.183 e. The number of aliphatic hydroxyl groups excluding tert-OH is 1. The Balaban J connectivity index is 2.26. The van der Waals surface area contributed by atoms with Gasteiger partial charge in [0.2, 0.25) is 0 Å². The van der Waals surface area contributed by atoms with Gasteiger partial charge in [0.05, 0.1) is 4.47 Å². The summed E-state index contributed by atoms with van der Waals surface area (Å²) in [6.07, 6.45) is 0.261. The van der Waals surface area contributed by atoms with Crippen LogP contribution in [0.15, 0.2) is 43.9 Å². The molecule has 1 aromatic heterocycles. The molecule has 1 heterocycles. The fourth-order valence-electron chi connectivity index (χ4n) is 1.60. The third-order valence-corrected chi connectivity index (χ3v) is 4.35. The van der Waals surface area contributed by atoms with Gasteiger partial charge in [-0.1, -0.05) is 31.2 Å². The maximum atomic E-state index is 10.2. The number of furan rings is 1. The second kappa shape index (κ2) is 5.38. The van der Waals surface area contributed by atoms with Crippen LogP contribution in [0.25, 0.3) is 0 Å². The molecule has 2 nitrogen and oxygen atoms in total. The quantitative estimate of drug-likeness (QED) is 0.878. The predicted octanol–water partition coefficient (Wildman–Crippen LogP) is 4.45. The molecule has 0 aliphatic heterocycles. The first-order chi connectivity index (χ1) is 8.11. The summed E-state index contributed by atoms with van der Waals surface area (Å²) in [4.78, 5) is 0. The summed E-state index contributed by atoms with van der Waals surface area (Å²) in [7, 11) is 0. The molecule has 0 fully saturated rings. The minimum atomic E-state index is -0.733. The molecule has 0 spiro atoms. The molecule has 0 bridgehead atoms. The minimum Gasteiger partial charge on any atom is -0.450 e. The summed E-state index contributed by atoms with van der Waals surface area (Å²) < 4.78 is 6.80. The van der Waals surface area contributed by atoms with E-state index in [0.717, 1.165) is 16.5 Å². The van der Waals surface area contributed by atoms with E-state index >= 15 is 0 Å². The minimum absolute atomic E-state index is 0.521. The van der Waals surface area contributed by atoms with E-state index in [1.54, 1.807) is 6.07 Å². The van der Waals surface area contributed by atoms with E-state index in [0.29, 0.717) is 10.4 Å². The summed E-state index contributed by atoms with van der Waals surface area (Å²) in [6, 6.07) is 9.65. The Hall–Kier alpha value is -0.580. The Morgan fingerprint density at radius 1 is 1.24 bits per heavy atom. The number of aryl methyl sites for hydroxylation is 1. The van der Waals surface area contributed by atoms with Crippen molar-refractivity contribution in [3.8, 4) is 0 Å². The molecule has 1 atom stereocenters. The summed E-state index contributed by atoms with van der Waals surface area (Å²) in [5.41, 5.74) is 2.08. The third-order valence-electron chi connectivity index (χ3n) is 2.64. The largest absolute Gasteiger partial charge is 0.450 e. The molecule has 2 aromatic rings. The van der Waals surface area contributed by atoms with Gasteiger partial charge in [-0.3, -0.25) is 0 Å². The fourth-order valence-corrected chi connectivity index (χ4v) is 2.21. The lowest BCUT2D eigenvalue weighted by Crippen LogP contribution is -1.97. The topological polar surface area (TPSA) is 33.4 Å². The van der Waals surface area contributed by atoms with E-state index in [4.69, 9.17) is 4.42 Å². The standard InChI is InChI=1S/C13H12Br2O2/c1-2-8-3-5-9(6-4-8)12(16)11-7-10(14)13(15)17-11/h3-7,12,16H,2H2,1H3. The van der Waals surface area contributed by atoms with E-state index in [2.05, 4.69) is 38.8 Å². The van der Waals surface area contributed by atoms with Crippen LogP contribution >= 0.6 is 31.9 Å². The zero-order valence-electron chi connectivity index (χ0n) is 9.28. The van der Waals surface area contributed by atoms with Crippen molar-refractivity contribution in [3.63, 3.8) is 0 Å². The molecule has 1 N–H and O–H groups in total. The molecule has 17 heavy (non-hydrogen) atoms. The van der Waals surface area contributed by atoms with E-state index in [-0.39, 0.29) is 0 Å². The van der Waals surface area contributed by atoms with Gasteiger partial charge >= 0.3 is 0 Å². The summed E-state index contributed by atoms with van der Waals surface area (Å²) >= 11 is 6.58. The van der Waals surface area contributed by atoms with Crippen LogP contribution in [0.4, 0.5) is 0 Å². The number of hydrogen-bond acceptors (Lipinski definition) is 2. The monoisotopic (exact) mass is 358 g/mol. The molecule has 1 unspecified atom stereocenters. The van der Waals surface area contributed by atoms with Crippen molar-refractivity contribution in [3.05, 3.63) is 56.4 Å². The van der Waals surface area contributed by atoms with Crippen LogP contribution < -0.4 is 0 Å². The van der Waals surface area contributed by atoms with E-state index in [1.165, 1.54) is 5.56 Å². The Kier molecular flexibility index (Phi) is 4.07. The summed E-state index contributed by atoms with van der Waals surface area (Å²) in [6.45, 7) is 2.10. The van der Waals surface area contributed by atoms with Crippen molar-refractivity contribution >= 4 is 31.9 Å². The Morgan fingerprint density at radius 2 is 1.88 bits per heavy atom. The lowest BCUT2D eigenvalue weighted by atomic mass is 10.0. The zero-order chi connectivity index (χ0) is 12.4. The summed E-state index contributed by atoms with van der Waals surface area (Å²) in [5.74, 6) is 0.521. The number of benzene rings is 1. The second-order valence-corrected chi connectivity index (χ2v) is 5.34. The number of rotatable bonds is 3. The maximum absolute atomic E-state index is 10.2. The van der Waals surface area contributed by atoms with Crippen LogP contribution in [0, 0.1) is 0 Å². The molecule has 90 valence electrons. The average molecular weight is 360 g/mol. The van der Waals surface area contributed by atoms with Crippen molar-refractivity contribution < 1.29 is 9.52 Å². The van der Waals surface area contributed by atoms with E-state index in [1.807, 2.05) is 24.3 Å². The molecule has 2 rings (SSSR count). The molecule has 0 aliphatic rings. The fraction of sp³-hybridized carbons (Fsp3) is 0.231. The predicted molar refractivity (Wildman–Crippen MR) is 74.0 cm³/mol. The van der Waals surface area contributed by atoms with Crippen LogP contribution in [0.3, 0.4) is 0 Å². The van der Waals surface area contributed by atoms with Gasteiger partial charge in [-0.05, 0) is 55.5 Å². The van der Waals surface area contributed by atoms with Gasteiger partial charge in [0.15, 0.2) is 4.67 Å². The van der Waals surface area contributed by atoms with Gasteiger partial charge in [-0.25, -0.2) is 0 Å². The first-order valence-electron chi connectivity index (χ1n) is 5.33. The van der Waals surface area contributed by atoms with E-state index < -0.39 is 6.10 Å². The highest BCUT2D eigenvalue weighted by molar-refractivity contribution is 9.13. The van der Waals surface area contributed by atoms with Crippen molar-refractivity contribution in [1.82, 2.24) is 0 Å². The summed E-state index contributed by atoms with van der Waals surface area (Å²) in [5, 5.41) is 10.2. The lowest BCUT2D eigenvalue weighted by Gasteiger charge is -2.08. The maximum Gasteiger partial charge on any atom is 0.183 e. The van der Waals surface area contributed by atoms with Crippen LogP contribution in [0.2, 0.25) is 0 Å². The first-order valence-corrected chi connectivity index (χ1v) is 6.92. The number of halogens is 2. The molecule has 0 saturated heterocycles. The van der Waals surface area contributed by atoms with Gasteiger partial charge in [-0.2, -0.15) is 0 Å². The number of hydrogen-bond donors (Lipinski definition) is 1. The molecule has 0 saturated carbocycles. The molecular weight excluding hydrogens is 348 g/mol. The molecule has 4 heteroatoms. The van der Waals surface area contributed by atoms with Gasteiger partial charge in [-0.15, -0.1) is 0 Å². The van der Waals surface area contributed by atoms with Crippen LogP contribution in [0.1, 0.15) is 29.9 Å². The second-order valence-electron chi connectivity index (χ2n) is 3.77. The first kappa shape index (κ1) is 12.9. The molecule has 0 aliphatic carbocycles. The van der Waals surface area contributed by atoms with Crippen LogP contribution in [-0.2, 0) is 6.42 Å². The molecule has 0 radical (unpaired) electrons. The molecule has 0 amide bonds. The Bertz CT molecular complexity index is 483. The third kappa shape index (κ3) is 2.81. The number of aliphatic hydroxyl groups is 1. The van der Waals surface area contributed by atoms with Gasteiger partial charge < -0.3 is 9.52 Å². The van der Waals surface area contributed by atoms with Crippen molar-refractivity contribution in [2.75, 3.05) is 0 Å². The SMILES string of the molecule is CCc1ccc(C(O)c2cc(Br)c(Br)o2)cc1. The van der Waals surface area contributed by atoms with Gasteiger partial charge in [0.1, 0.15) is 11.9 Å². The van der Waals surface area contributed by atoms with Crippen LogP contribution in [-0.4, -0.2) is 5.11 Å². The zero-order valence-corrected chi connectivity index (χ0v) is 12.5. The Morgan fingerprint density at radius 3 is 2.35 bits per heavy atom. The molecule has 1 aromatic carbocycles. The highest BCUT2D eigenvalue weighted by Crippen LogP contribution is 2.32. The van der Waals surface area contributed by atoms with Crippen molar-refractivity contribution in [2.45, 2.75) is 19.4 Å². The lowest BCUT2D eigenvalue weighted by molar-refractivity contribution is 0.187. The van der Waals surface area contributed by atoms with Crippen molar-refractivity contribution in [2.24, 2.45) is 0 Å².